The fourth-order valence-electron chi connectivity index (χ4n) is 3.30. The molecule has 4 rings (SSSR count). The molecule has 0 saturated carbocycles. The normalized spacial score (nSPS) is 13.5. The lowest BCUT2D eigenvalue weighted by Crippen LogP contribution is -2.18. The molecule has 0 fully saturated rings. The summed E-state index contributed by atoms with van der Waals surface area (Å²) < 4.78 is 20.3. The fraction of sp³-hybridized carbons (Fsp3) is 0.391. The number of amides is 1. The van der Waals surface area contributed by atoms with Gasteiger partial charge in [0.1, 0.15) is 19.0 Å². The zero-order valence-corrected chi connectivity index (χ0v) is 19.4. The molecule has 0 radical (unpaired) electrons. The molecule has 1 amide bonds. The van der Waals surface area contributed by atoms with Gasteiger partial charge >= 0.3 is 0 Å². The molecule has 0 spiro atoms. The third-order valence-electron chi connectivity index (χ3n) is 4.91. The Morgan fingerprint density at radius 3 is 2.81 bits per heavy atom. The van der Waals surface area contributed by atoms with Crippen LogP contribution in [0.2, 0.25) is 0 Å². The van der Waals surface area contributed by atoms with Crippen LogP contribution in [0.1, 0.15) is 30.1 Å². The first kappa shape index (κ1) is 21.8. The maximum Gasteiger partial charge on any atom is 0.279 e. The van der Waals surface area contributed by atoms with Crippen LogP contribution in [0.25, 0.3) is 10.2 Å². The van der Waals surface area contributed by atoms with Gasteiger partial charge in [-0.05, 0) is 30.9 Å². The molecule has 1 aliphatic rings. The van der Waals surface area contributed by atoms with E-state index in [9.17, 15) is 4.79 Å². The van der Waals surface area contributed by atoms with Crippen molar-refractivity contribution in [3.05, 3.63) is 46.8 Å². The van der Waals surface area contributed by atoms with Crippen molar-refractivity contribution in [2.75, 3.05) is 31.8 Å². The van der Waals surface area contributed by atoms with E-state index in [4.69, 9.17) is 14.2 Å². The number of rotatable bonds is 8. The van der Waals surface area contributed by atoms with Crippen LogP contribution in [0.3, 0.4) is 0 Å². The molecule has 1 aromatic heterocycles. The van der Waals surface area contributed by atoms with Gasteiger partial charge in [0.2, 0.25) is 0 Å². The summed E-state index contributed by atoms with van der Waals surface area (Å²) in [4.78, 5) is 18.1. The van der Waals surface area contributed by atoms with Crippen molar-refractivity contribution in [3.8, 4) is 17.2 Å². The van der Waals surface area contributed by atoms with E-state index >= 15 is 0 Å². The number of nitrogens with zero attached hydrogens (tertiary/aromatic N) is 2. The number of carbonyl (C=O) groups excluding carboxylic acids is 1. The summed E-state index contributed by atoms with van der Waals surface area (Å²) in [7, 11) is 0. The van der Waals surface area contributed by atoms with E-state index in [1.807, 2.05) is 24.3 Å². The highest BCUT2D eigenvalue weighted by Crippen LogP contribution is 2.35. The van der Waals surface area contributed by atoms with E-state index in [2.05, 4.69) is 22.7 Å². The molecule has 0 bridgehead atoms. The number of carbonyl (C=O) groups is 1. The van der Waals surface area contributed by atoms with Crippen LogP contribution >= 0.6 is 23.1 Å². The van der Waals surface area contributed by atoms with Crippen LogP contribution in [0.5, 0.6) is 17.2 Å². The van der Waals surface area contributed by atoms with E-state index in [0.717, 1.165) is 46.9 Å². The smallest absolute Gasteiger partial charge is 0.279 e. The molecule has 0 saturated heterocycles. The first-order chi connectivity index (χ1) is 15.2. The standard InChI is InChI=1S/C23H26N2O4S2/c1-3-4-9-27-17-7-5-6-16(13-17)22(26)24-23-25(8-12-30-2)18-14-19-20(15-21(18)31-23)29-11-10-28-19/h5-7,13-15H,3-4,8-12H2,1-2H3. The molecule has 0 unspecified atom stereocenters. The SMILES string of the molecule is CCCCOc1cccc(C(=O)N=c2sc3cc4c(cc3n2CCSC)OCCO4)c1. The molecule has 2 heterocycles. The van der Waals surface area contributed by atoms with E-state index in [0.29, 0.717) is 35.9 Å². The van der Waals surface area contributed by atoms with Crippen LogP contribution in [0.4, 0.5) is 0 Å². The van der Waals surface area contributed by atoms with Crippen molar-refractivity contribution in [1.29, 1.82) is 0 Å². The Kier molecular flexibility index (Phi) is 7.19. The highest BCUT2D eigenvalue weighted by molar-refractivity contribution is 7.98. The van der Waals surface area contributed by atoms with Gasteiger partial charge in [0.15, 0.2) is 16.3 Å². The van der Waals surface area contributed by atoms with Gasteiger partial charge in [0, 0.05) is 30.0 Å². The molecule has 0 N–H and O–H groups in total. The average Bonchev–Trinajstić information content (AvgIpc) is 3.12. The van der Waals surface area contributed by atoms with Gasteiger partial charge in [-0.3, -0.25) is 4.79 Å². The monoisotopic (exact) mass is 458 g/mol. The van der Waals surface area contributed by atoms with Gasteiger partial charge in [-0.25, -0.2) is 0 Å². The Morgan fingerprint density at radius 2 is 2.03 bits per heavy atom. The lowest BCUT2D eigenvalue weighted by atomic mass is 10.2. The Morgan fingerprint density at radius 1 is 1.23 bits per heavy atom. The number of ether oxygens (including phenoxy) is 3. The van der Waals surface area contributed by atoms with Crippen molar-refractivity contribution in [2.24, 2.45) is 4.99 Å². The molecule has 1 aliphatic heterocycles. The number of thioether (sulfide) groups is 1. The zero-order chi connectivity index (χ0) is 21.6. The highest BCUT2D eigenvalue weighted by atomic mass is 32.2. The average molecular weight is 459 g/mol. The second-order valence-electron chi connectivity index (χ2n) is 7.14. The van der Waals surface area contributed by atoms with Crippen molar-refractivity contribution < 1.29 is 19.0 Å². The molecule has 6 nitrogen and oxygen atoms in total. The molecular formula is C23H26N2O4S2. The zero-order valence-electron chi connectivity index (χ0n) is 17.8. The van der Waals surface area contributed by atoms with Crippen molar-refractivity contribution in [1.82, 2.24) is 4.57 Å². The van der Waals surface area contributed by atoms with Crippen LogP contribution in [0, 0.1) is 0 Å². The number of aryl methyl sites for hydroxylation is 1. The van der Waals surface area contributed by atoms with Crippen LogP contribution in [-0.4, -0.2) is 42.3 Å². The minimum Gasteiger partial charge on any atom is -0.494 e. The number of hydrogen-bond acceptors (Lipinski definition) is 6. The quantitative estimate of drug-likeness (QED) is 0.456. The highest BCUT2D eigenvalue weighted by Gasteiger charge is 2.17. The van der Waals surface area contributed by atoms with E-state index in [1.165, 1.54) is 11.3 Å². The maximum atomic E-state index is 13.0. The largest absolute Gasteiger partial charge is 0.494 e. The van der Waals surface area contributed by atoms with Crippen LogP contribution in [-0.2, 0) is 6.54 Å². The van der Waals surface area contributed by atoms with E-state index in [1.54, 1.807) is 23.9 Å². The summed E-state index contributed by atoms with van der Waals surface area (Å²) in [5.74, 6) is 2.82. The number of aromatic nitrogens is 1. The fourth-order valence-corrected chi connectivity index (χ4v) is 4.72. The molecule has 0 atom stereocenters. The Balaban J connectivity index is 1.70. The van der Waals surface area contributed by atoms with Crippen molar-refractivity contribution in [3.63, 3.8) is 0 Å². The number of benzene rings is 2. The van der Waals surface area contributed by atoms with Gasteiger partial charge in [0.25, 0.3) is 5.91 Å². The summed E-state index contributed by atoms with van der Waals surface area (Å²) in [6.45, 7) is 4.61. The van der Waals surface area contributed by atoms with Gasteiger partial charge in [-0.2, -0.15) is 16.8 Å². The molecular weight excluding hydrogens is 432 g/mol. The maximum absolute atomic E-state index is 13.0. The number of hydrogen-bond donors (Lipinski definition) is 0. The summed E-state index contributed by atoms with van der Waals surface area (Å²) in [6.07, 6.45) is 4.12. The number of thiazole rings is 1. The Hall–Kier alpha value is -2.45. The van der Waals surface area contributed by atoms with E-state index in [-0.39, 0.29) is 5.91 Å². The van der Waals surface area contributed by atoms with Gasteiger partial charge in [-0.1, -0.05) is 30.7 Å². The predicted molar refractivity (Wildman–Crippen MR) is 126 cm³/mol. The Bertz CT molecular complexity index is 1140. The first-order valence-electron chi connectivity index (χ1n) is 10.4. The molecule has 2 aromatic carbocycles. The van der Waals surface area contributed by atoms with Crippen LogP contribution < -0.4 is 19.0 Å². The number of unbranched alkanes of at least 4 members (excludes halogenated alkanes) is 1. The summed E-state index contributed by atoms with van der Waals surface area (Å²) >= 11 is 3.25. The lowest BCUT2D eigenvalue weighted by molar-refractivity contribution is 0.0997. The van der Waals surface area contributed by atoms with Gasteiger partial charge in [-0.15, -0.1) is 0 Å². The van der Waals surface area contributed by atoms with Gasteiger partial charge in [0.05, 0.1) is 16.8 Å². The third kappa shape index (κ3) is 5.07. The molecule has 3 aromatic rings. The minimum atomic E-state index is -0.275. The summed E-state index contributed by atoms with van der Waals surface area (Å²) in [5, 5.41) is 0. The van der Waals surface area contributed by atoms with Gasteiger partial charge < -0.3 is 18.8 Å². The second kappa shape index (κ2) is 10.2. The van der Waals surface area contributed by atoms with Crippen molar-refractivity contribution in [2.45, 2.75) is 26.3 Å². The number of fused-ring (bicyclic) bond motifs is 2. The topological polar surface area (TPSA) is 62.0 Å². The molecule has 164 valence electrons. The predicted octanol–water partition coefficient (Wildman–Crippen LogP) is 4.76. The molecule has 8 heteroatoms. The van der Waals surface area contributed by atoms with Crippen LogP contribution in [0.15, 0.2) is 41.4 Å². The van der Waals surface area contributed by atoms with Crippen molar-refractivity contribution >= 4 is 39.2 Å². The van der Waals surface area contributed by atoms with E-state index < -0.39 is 0 Å². The summed E-state index contributed by atoms with van der Waals surface area (Å²) in [6, 6.07) is 11.2. The molecule has 31 heavy (non-hydrogen) atoms. The Labute approximate surface area is 189 Å². The third-order valence-corrected chi connectivity index (χ3v) is 6.54. The first-order valence-corrected chi connectivity index (χ1v) is 12.6. The molecule has 0 aliphatic carbocycles. The lowest BCUT2D eigenvalue weighted by Gasteiger charge is -2.18. The summed E-state index contributed by atoms with van der Waals surface area (Å²) in [5.41, 5.74) is 1.53. The second-order valence-corrected chi connectivity index (χ2v) is 9.13. The minimum absolute atomic E-state index is 0.275.